The number of ether oxygens (including phenoxy) is 1. The zero-order chi connectivity index (χ0) is 14.9. The summed E-state index contributed by atoms with van der Waals surface area (Å²) in [5, 5.41) is 0. The maximum absolute atomic E-state index is 6.23. The van der Waals surface area contributed by atoms with Crippen LogP contribution in [0.15, 0.2) is 0 Å². The van der Waals surface area contributed by atoms with E-state index < -0.39 is 0 Å². The molecule has 1 aromatic heterocycles. The molecule has 2 aliphatic carbocycles. The van der Waals surface area contributed by atoms with Crippen molar-refractivity contribution >= 4 is 5.82 Å². The molecule has 2 unspecified atom stereocenters. The molecule has 2 atom stereocenters. The summed E-state index contributed by atoms with van der Waals surface area (Å²) < 4.78 is 6.19. The predicted octanol–water partition coefficient (Wildman–Crippen LogP) is 3.38. The van der Waals surface area contributed by atoms with Crippen LogP contribution in [0.1, 0.15) is 69.5 Å². The minimum absolute atomic E-state index is 0.312. The molecule has 0 amide bonds. The number of aryl methyl sites for hydroxylation is 1. The second-order valence-corrected chi connectivity index (χ2v) is 6.69. The highest BCUT2D eigenvalue weighted by molar-refractivity contribution is 5.44. The fourth-order valence-electron chi connectivity index (χ4n) is 4.00. The van der Waals surface area contributed by atoms with E-state index in [0.29, 0.717) is 18.3 Å². The Balaban J connectivity index is 2.01. The molecule has 0 saturated heterocycles. The molecule has 0 radical (unpaired) electrons. The van der Waals surface area contributed by atoms with Crippen molar-refractivity contribution in [3.05, 3.63) is 17.1 Å². The molecule has 0 aromatic carbocycles. The van der Waals surface area contributed by atoms with Gasteiger partial charge < -0.3 is 10.5 Å². The third-order valence-corrected chi connectivity index (χ3v) is 5.00. The molecule has 4 heteroatoms. The first kappa shape index (κ1) is 14.8. The van der Waals surface area contributed by atoms with E-state index in [-0.39, 0.29) is 5.60 Å². The quantitative estimate of drug-likeness (QED) is 0.926. The third kappa shape index (κ3) is 2.78. The molecule has 0 spiro atoms. The van der Waals surface area contributed by atoms with Gasteiger partial charge in [0.25, 0.3) is 0 Å². The summed E-state index contributed by atoms with van der Waals surface area (Å²) >= 11 is 0. The van der Waals surface area contributed by atoms with E-state index in [1.165, 1.54) is 36.9 Å². The van der Waals surface area contributed by atoms with Crippen LogP contribution < -0.4 is 5.73 Å². The summed E-state index contributed by atoms with van der Waals surface area (Å²) in [4.78, 5) is 9.58. The fourth-order valence-corrected chi connectivity index (χ4v) is 4.00. The predicted molar refractivity (Wildman–Crippen MR) is 84.0 cm³/mol. The van der Waals surface area contributed by atoms with Crippen molar-refractivity contribution in [2.24, 2.45) is 5.92 Å². The summed E-state index contributed by atoms with van der Waals surface area (Å²) in [7, 11) is 0. The molecule has 3 rings (SSSR count). The normalized spacial score (nSPS) is 29.1. The maximum atomic E-state index is 6.23. The minimum atomic E-state index is -0.312. The van der Waals surface area contributed by atoms with Gasteiger partial charge in [-0.05, 0) is 57.8 Å². The second-order valence-electron chi connectivity index (χ2n) is 6.69. The molecule has 21 heavy (non-hydrogen) atoms. The summed E-state index contributed by atoms with van der Waals surface area (Å²) in [6.45, 7) is 5.06. The topological polar surface area (TPSA) is 61.0 Å². The Kier molecular flexibility index (Phi) is 4.16. The van der Waals surface area contributed by atoms with Gasteiger partial charge in [0.2, 0.25) is 0 Å². The van der Waals surface area contributed by atoms with Crippen molar-refractivity contribution < 1.29 is 4.74 Å². The number of fused-ring (bicyclic) bond motifs is 1. The SMILES string of the molecule is CCOC1(c2nc(N)c3c(n2)CCCC3)CCCC(C)C1. The van der Waals surface area contributed by atoms with Crippen molar-refractivity contribution in [2.45, 2.75) is 70.8 Å². The largest absolute Gasteiger partial charge is 0.383 e. The lowest BCUT2D eigenvalue weighted by Gasteiger charge is -2.39. The average Bonchev–Trinajstić information content (AvgIpc) is 2.47. The van der Waals surface area contributed by atoms with Crippen molar-refractivity contribution in [2.75, 3.05) is 12.3 Å². The summed E-state index contributed by atoms with van der Waals surface area (Å²) in [6.07, 6.45) is 8.96. The molecular formula is C17H27N3O. The first-order valence-electron chi connectivity index (χ1n) is 8.44. The number of nitrogen functional groups attached to an aromatic ring is 1. The van der Waals surface area contributed by atoms with E-state index in [1.54, 1.807) is 0 Å². The van der Waals surface area contributed by atoms with Crippen LogP contribution in [0.3, 0.4) is 0 Å². The number of anilines is 1. The Morgan fingerprint density at radius 2 is 2.05 bits per heavy atom. The van der Waals surface area contributed by atoms with E-state index in [9.17, 15) is 0 Å². The molecule has 1 aromatic rings. The standard InChI is InChI=1S/C17H27N3O/c1-3-21-17(10-6-7-12(2)11-17)16-19-14-9-5-4-8-13(14)15(18)20-16/h12H,3-11H2,1-2H3,(H2,18,19,20). The molecule has 2 aliphatic rings. The van der Waals surface area contributed by atoms with E-state index in [4.69, 9.17) is 15.5 Å². The van der Waals surface area contributed by atoms with Gasteiger partial charge in [0.1, 0.15) is 11.4 Å². The van der Waals surface area contributed by atoms with Crippen molar-refractivity contribution in [1.29, 1.82) is 0 Å². The Labute approximate surface area is 127 Å². The van der Waals surface area contributed by atoms with Gasteiger partial charge in [-0.2, -0.15) is 0 Å². The van der Waals surface area contributed by atoms with Gasteiger partial charge in [-0.3, -0.25) is 0 Å². The van der Waals surface area contributed by atoms with Crippen LogP contribution in [-0.4, -0.2) is 16.6 Å². The Hall–Kier alpha value is -1.16. The number of nitrogens with zero attached hydrogens (tertiary/aromatic N) is 2. The van der Waals surface area contributed by atoms with Gasteiger partial charge in [0, 0.05) is 17.9 Å². The highest BCUT2D eigenvalue weighted by atomic mass is 16.5. The van der Waals surface area contributed by atoms with Gasteiger partial charge in [0.15, 0.2) is 5.82 Å². The van der Waals surface area contributed by atoms with E-state index in [1.807, 2.05) is 0 Å². The van der Waals surface area contributed by atoms with Crippen molar-refractivity contribution in [1.82, 2.24) is 9.97 Å². The second kappa shape index (κ2) is 5.91. The third-order valence-electron chi connectivity index (χ3n) is 5.00. The molecular weight excluding hydrogens is 262 g/mol. The minimum Gasteiger partial charge on any atom is -0.383 e. The fraction of sp³-hybridized carbons (Fsp3) is 0.765. The lowest BCUT2D eigenvalue weighted by atomic mass is 9.78. The summed E-state index contributed by atoms with van der Waals surface area (Å²) in [5.41, 5.74) is 8.27. The van der Waals surface area contributed by atoms with Crippen LogP contribution in [-0.2, 0) is 23.2 Å². The van der Waals surface area contributed by atoms with Crippen LogP contribution in [0.25, 0.3) is 0 Å². The number of hydrogen-bond donors (Lipinski definition) is 1. The van der Waals surface area contributed by atoms with Crippen LogP contribution in [0.2, 0.25) is 0 Å². The Morgan fingerprint density at radius 3 is 2.81 bits per heavy atom. The lowest BCUT2D eigenvalue weighted by molar-refractivity contribution is -0.0881. The number of rotatable bonds is 3. The van der Waals surface area contributed by atoms with E-state index in [2.05, 4.69) is 18.8 Å². The van der Waals surface area contributed by atoms with Crippen molar-refractivity contribution in [3.8, 4) is 0 Å². The van der Waals surface area contributed by atoms with Crippen LogP contribution in [0.5, 0.6) is 0 Å². The zero-order valence-electron chi connectivity index (χ0n) is 13.3. The molecule has 2 N–H and O–H groups in total. The zero-order valence-corrected chi connectivity index (χ0v) is 13.3. The summed E-state index contributed by atoms with van der Waals surface area (Å²) in [5.74, 6) is 2.19. The average molecular weight is 289 g/mol. The molecule has 0 bridgehead atoms. The van der Waals surface area contributed by atoms with Crippen molar-refractivity contribution in [3.63, 3.8) is 0 Å². The van der Waals surface area contributed by atoms with Crippen LogP contribution in [0, 0.1) is 5.92 Å². The number of nitrogens with two attached hydrogens (primary N) is 1. The molecule has 1 fully saturated rings. The van der Waals surface area contributed by atoms with Gasteiger partial charge >= 0.3 is 0 Å². The number of aromatic nitrogens is 2. The number of hydrogen-bond acceptors (Lipinski definition) is 4. The molecule has 116 valence electrons. The lowest BCUT2D eigenvalue weighted by Crippen LogP contribution is -2.38. The van der Waals surface area contributed by atoms with Gasteiger partial charge in [-0.15, -0.1) is 0 Å². The Bertz CT molecular complexity index is 513. The first-order chi connectivity index (χ1) is 10.1. The smallest absolute Gasteiger partial charge is 0.162 e. The van der Waals surface area contributed by atoms with Gasteiger partial charge in [-0.25, -0.2) is 9.97 Å². The molecule has 0 aliphatic heterocycles. The van der Waals surface area contributed by atoms with Gasteiger partial charge in [0.05, 0.1) is 0 Å². The van der Waals surface area contributed by atoms with E-state index >= 15 is 0 Å². The Morgan fingerprint density at radius 1 is 1.24 bits per heavy atom. The first-order valence-corrected chi connectivity index (χ1v) is 8.44. The van der Waals surface area contributed by atoms with Crippen LogP contribution >= 0.6 is 0 Å². The molecule has 4 nitrogen and oxygen atoms in total. The highest BCUT2D eigenvalue weighted by Gasteiger charge is 2.40. The van der Waals surface area contributed by atoms with E-state index in [0.717, 1.165) is 31.5 Å². The molecule has 1 saturated carbocycles. The summed E-state index contributed by atoms with van der Waals surface area (Å²) in [6, 6.07) is 0. The van der Waals surface area contributed by atoms with Crippen LogP contribution in [0.4, 0.5) is 5.82 Å². The van der Waals surface area contributed by atoms with Gasteiger partial charge in [-0.1, -0.05) is 13.3 Å². The monoisotopic (exact) mass is 289 g/mol. The highest BCUT2D eigenvalue weighted by Crippen LogP contribution is 2.42. The maximum Gasteiger partial charge on any atom is 0.162 e. The molecule has 1 heterocycles.